The maximum atomic E-state index is 12.1. The lowest BCUT2D eigenvalue weighted by Crippen LogP contribution is -2.19. The normalized spacial score (nSPS) is 11.1. The Morgan fingerprint density at radius 1 is 1.04 bits per heavy atom. The second-order valence-corrected chi connectivity index (χ2v) is 7.70. The number of nitrogens with one attached hydrogen (secondary N) is 2. The lowest BCUT2D eigenvalue weighted by atomic mass is 9.93. The van der Waals surface area contributed by atoms with Crippen LogP contribution in [0.3, 0.4) is 0 Å². The molecule has 0 radical (unpaired) electrons. The van der Waals surface area contributed by atoms with E-state index < -0.39 is 0 Å². The van der Waals surface area contributed by atoms with Gasteiger partial charge in [-0.25, -0.2) is 4.79 Å². The minimum atomic E-state index is -0.387. The molecule has 0 aliphatic heterocycles. The number of urea groups is 1. The fourth-order valence-electron chi connectivity index (χ4n) is 2.45. The number of amides is 2. The van der Waals surface area contributed by atoms with Crippen molar-refractivity contribution < 1.29 is 14.1 Å². The monoisotopic (exact) mass is 379 g/mol. The average molecular weight is 379 g/mol. The molecular weight excluding hydrogens is 354 g/mol. The number of anilines is 2. The number of carbonyl (C=O) groups excluding carboxylic acids is 1. The van der Waals surface area contributed by atoms with Gasteiger partial charge in [0.25, 0.3) is 0 Å². The zero-order chi connectivity index (χ0) is 20.1. The highest BCUT2D eigenvalue weighted by Gasteiger charge is 2.20. The van der Waals surface area contributed by atoms with E-state index in [0.29, 0.717) is 23.9 Å². The van der Waals surface area contributed by atoms with Crippen molar-refractivity contribution in [3.05, 3.63) is 71.5 Å². The molecule has 1 aromatic heterocycles. The summed E-state index contributed by atoms with van der Waals surface area (Å²) >= 11 is 0. The zero-order valence-electron chi connectivity index (χ0n) is 16.6. The standard InChI is InChI=1S/C22H25N3O3/c1-15-5-7-16(8-6-15)14-27-18-11-9-17(10-12-18)23-21(26)24-20-13-19(28-25-20)22(2,3)4/h5-13H,14H2,1-4H3,(H2,23,24,25,26). The van der Waals surface area contributed by atoms with Crippen molar-refractivity contribution in [3.8, 4) is 5.75 Å². The van der Waals surface area contributed by atoms with Crippen LogP contribution in [-0.4, -0.2) is 11.2 Å². The number of hydrogen-bond acceptors (Lipinski definition) is 4. The van der Waals surface area contributed by atoms with Gasteiger partial charge in [0.1, 0.15) is 18.1 Å². The Morgan fingerprint density at radius 2 is 1.71 bits per heavy atom. The van der Waals surface area contributed by atoms with Crippen LogP contribution in [0.2, 0.25) is 0 Å². The third kappa shape index (κ3) is 5.36. The second-order valence-electron chi connectivity index (χ2n) is 7.70. The summed E-state index contributed by atoms with van der Waals surface area (Å²) in [5.74, 6) is 1.82. The average Bonchev–Trinajstić information content (AvgIpc) is 3.11. The smallest absolute Gasteiger partial charge is 0.324 e. The van der Waals surface area contributed by atoms with Gasteiger partial charge >= 0.3 is 6.03 Å². The minimum Gasteiger partial charge on any atom is -0.489 e. The molecule has 0 unspecified atom stereocenters. The SMILES string of the molecule is Cc1ccc(COc2ccc(NC(=O)Nc3cc(C(C)(C)C)on3)cc2)cc1. The van der Waals surface area contributed by atoms with Gasteiger partial charge in [0.15, 0.2) is 5.82 Å². The highest BCUT2D eigenvalue weighted by Crippen LogP contribution is 2.24. The van der Waals surface area contributed by atoms with Gasteiger partial charge in [-0.2, -0.15) is 0 Å². The first-order chi connectivity index (χ1) is 13.3. The number of nitrogens with zero attached hydrogens (tertiary/aromatic N) is 1. The molecule has 28 heavy (non-hydrogen) atoms. The van der Waals surface area contributed by atoms with Gasteiger partial charge in [-0.1, -0.05) is 55.8 Å². The van der Waals surface area contributed by atoms with Crippen LogP contribution >= 0.6 is 0 Å². The van der Waals surface area contributed by atoms with Gasteiger partial charge in [-0.15, -0.1) is 0 Å². The van der Waals surface area contributed by atoms with Crippen LogP contribution in [0, 0.1) is 6.92 Å². The molecular formula is C22H25N3O3. The molecule has 2 N–H and O–H groups in total. The van der Waals surface area contributed by atoms with Gasteiger partial charge in [-0.05, 0) is 36.8 Å². The molecule has 146 valence electrons. The summed E-state index contributed by atoms with van der Waals surface area (Å²) in [6.45, 7) is 8.59. The van der Waals surface area contributed by atoms with E-state index in [9.17, 15) is 4.79 Å². The third-order valence-electron chi connectivity index (χ3n) is 4.13. The van der Waals surface area contributed by atoms with Crippen molar-refractivity contribution in [1.82, 2.24) is 5.16 Å². The first-order valence-corrected chi connectivity index (χ1v) is 9.13. The largest absolute Gasteiger partial charge is 0.489 e. The number of rotatable bonds is 5. The van der Waals surface area contributed by atoms with Gasteiger partial charge < -0.3 is 14.6 Å². The van der Waals surface area contributed by atoms with E-state index in [4.69, 9.17) is 9.26 Å². The van der Waals surface area contributed by atoms with Crippen molar-refractivity contribution in [2.45, 2.75) is 39.7 Å². The summed E-state index contributed by atoms with van der Waals surface area (Å²) in [5.41, 5.74) is 2.81. The van der Waals surface area contributed by atoms with Crippen LogP contribution in [0.25, 0.3) is 0 Å². The molecule has 0 aliphatic rings. The molecule has 0 spiro atoms. The lowest BCUT2D eigenvalue weighted by Gasteiger charge is -2.12. The van der Waals surface area contributed by atoms with E-state index in [1.807, 2.05) is 45.0 Å². The maximum Gasteiger partial charge on any atom is 0.324 e. The van der Waals surface area contributed by atoms with E-state index in [2.05, 4.69) is 34.8 Å². The summed E-state index contributed by atoms with van der Waals surface area (Å²) in [7, 11) is 0. The molecule has 0 bridgehead atoms. The topological polar surface area (TPSA) is 76.4 Å². The predicted molar refractivity (Wildman–Crippen MR) is 110 cm³/mol. The van der Waals surface area contributed by atoms with Crippen LogP contribution in [0.15, 0.2) is 59.1 Å². The highest BCUT2D eigenvalue weighted by molar-refractivity contribution is 5.99. The molecule has 0 atom stereocenters. The van der Waals surface area contributed by atoms with E-state index >= 15 is 0 Å². The Labute approximate surface area is 164 Å². The molecule has 0 saturated carbocycles. The molecule has 2 aromatic carbocycles. The van der Waals surface area contributed by atoms with Crippen LogP contribution in [0.1, 0.15) is 37.7 Å². The maximum absolute atomic E-state index is 12.1. The van der Waals surface area contributed by atoms with Gasteiger partial charge in [0.2, 0.25) is 0 Å². The molecule has 0 fully saturated rings. The van der Waals surface area contributed by atoms with Crippen LogP contribution < -0.4 is 15.4 Å². The van der Waals surface area contributed by atoms with E-state index in [1.165, 1.54) is 5.56 Å². The molecule has 0 aliphatic carbocycles. The van der Waals surface area contributed by atoms with E-state index in [-0.39, 0.29) is 11.4 Å². The fourth-order valence-corrected chi connectivity index (χ4v) is 2.45. The fraction of sp³-hybridized carbons (Fsp3) is 0.273. The number of benzene rings is 2. The van der Waals surface area contributed by atoms with Crippen LogP contribution in [0.4, 0.5) is 16.3 Å². The van der Waals surface area contributed by atoms with E-state index in [1.54, 1.807) is 18.2 Å². The number of aryl methyl sites for hydroxylation is 1. The Balaban J connectivity index is 1.51. The number of ether oxygens (including phenoxy) is 1. The van der Waals surface area contributed by atoms with Crippen molar-refractivity contribution in [2.24, 2.45) is 0 Å². The minimum absolute atomic E-state index is 0.169. The Bertz CT molecular complexity index is 923. The molecule has 6 heteroatoms. The molecule has 3 rings (SSSR count). The summed E-state index contributed by atoms with van der Waals surface area (Å²) in [6.07, 6.45) is 0. The Hall–Kier alpha value is -3.28. The number of carbonyl (C=O) groups is 1. The summed E-state index contributed by atoms with van der Waals surface area (Å²) in [6, 6.07) is 16.8. The Kier molecular flexibility index (Phi) is 5.68. The van der Waals surface area contributed by atoms with E-state index in [0.717, 1.165) is 11.3 Å². The highest BCUT2D eigenvalue weighted by atomic mass is 16.5. The molecule has 2 amide bonds. The first-order valence-electron chi connectivity index (χ1n) is 9.13. The number of aromatic nitrogens is 1. The van der Waals surface area contributed by atoms with Gasteiger partial charge in [0, 0.05) is 17.2 Å². The quantitative estimate of drug-likeness (QED) is 0.613. The Morgan fingerprint density at radius 3 is 2.32 bits per heavy atom. The second kappa shape index (κ2) is 8.17. The lowest BCUT2D eigenvalue weighted by molar-refractivity contribution is 0.262. The summed E-state index contributed by atoms with van der Waals surface area (Å²) in [5, 5.41) is 9.29. The van der Waals surface area contributed by atoms with Crippen molar-refractivity contribution in [2.75, 3.05) is 10.6 Å². The van der Waals surface area contributed by atoms with Crippen molar-refractivity contribution >= 4 is 17.5 Å². The predicted octanol–water partition coefficient (Wildman–Crippen LogP) is 5.50. The van der Waals surface area contributed by atoms with Crippen molar-refractivity contribution in [3.63, 3.8) is 0 Å². The van der Waals surface area contributed by atoms with Gasteiger partial charge in [0.05, 0.1) is 0 Å². The summed E-state index contributed by atoms with van der Waals surface area (Å²) in [4.78, 5) is 12.1. The molecule has 1 heterocycles. The zero-order valence-corrected chi connectivity index (χ0v) is 16.6. The van der Waals surface area contributed by atoms with Gasteiger partial charge in [-0.3, -0.25) is 5.32 Å². The molecule has 6 nitrogen and oxygen atoms in total. The summed E-state index contributed by atoms with van der Waals surface area (Å²) < 4.78 is 11.0. The third-order valence-corrected chi connectivity index (χ3v) is 4.13. The van der Waals surface area contributed by atoms with Crippen LogP contribution in [-0.2, 0) is 12.0 Å². The first kappa shape index (κ1) is 19.5. The number of hydrogen-bond donors (Lipinski definition) is 2. The van der Waals surface area contributed by atoms with Crippen LogP contribution in [0.5, 0.6) is 5.75 Å². The molecule has 0 saturated heterocycles. The molecule has 3 aromatic rings. The van der Waals surface area contributed by atoms with Crippen molar-refractivity contribution in [1.29, 1.82) is 0 Å².